The van der Waals surface area contributed by atoms with Gasteiger partial charge in [0.1, 0.15) is 4.93 Å². The molecule has 3 heteroatoms. The van der Waals surface area contributed by atoms with Gasteiger partial charge in [0.15, 0.2) is 8.32 Å². The van der Waals surface area contributed by atoms with E-state index in [0.717, 1.165) is 12.2 Å². The Kier molecular flexibility index (Phi) is 10.6. The molecule has 0 rings (SSSR count). The van der Waals surface area contributed by atoms with E-state index in [4.69, 9.17) is 4.43 Å². The van der Waals surface area contributed by atoms with Gasteiger partial charge in [0.05, 0.1) is 0 Å². The molecule has 0 bridgehead atoms. The molecule has 0 radical (unpaired) electrons. The highest BCUT2D eigenvalue weighted by Gasteiger charge is 2.33. The maximum absolute atomic E-state index is 6.54. The molecule has 0 amide bonds. The van der Waals surface area contributed by atoms with Crippen LogP contribution in [0.4, 0.5) is 0 Å². The zero-order valence-electron chi connectivity index (χ0n) is 14.2. The third kappa shape index (κ3) is 9.97. The lowest BCUT2D eigenvalue weighted by Gasteiger charge is -2.38. The Bertz CT molecular complexity index is 215. The first-order chi connectivity index (χ1) is 8.89. The fourth-order valence-corrected chi connectivity index (χ4v) is 5.87. The van der Waals surface area contributed by atoms with Gasteiger partial charge in [-0.25, -0.2) is 0 Å². The number of thioether (sulfide) groups is 1. The molecule has 0 spiro atoms. The van der Waals surface area contributed by atoms with Crippen LogP contribution in [0.25, 0.3) is 0 Å². The maximum atomic E-state index is 6.54. The van der Waals surface area contributed by atoms with Crippen molar-refractivity contribution in [2.24, 2.45) is 0 Å². The number of unbranched alkanes of at least 4 members (excludes halogenated alkanes) is 5. The van der Waals surface area contributed by atoms with E-state index in [1.54, 1.807) is 0 Å². The summed E-state index contributed by atoms with van der Waals surface area (Å²) in [4.78, 5) is 0.101. The van der Waals surface area contributed by atoms with E-state index in [9.17, 15) is 0 Å². The van der Waals surface area contributed by atoms with Crippen molar-refractivity contribution in [3.63, 3.8) is 0 Å². The monoisotopic (exact) mass is 304 g/mol. The second-order valence-corrected chi connectivity index (χ2v) is 12.5. The van der Waals surface area contributed by atoms with Crippen LogP contribution in [-0.4, -0.2) is 19.0 Å². The molecule has 1 nitrogen and oxygen atoms in total. The minimum atomic E-state index is -1.45. The zero-order valence-corrected chi connectivity index (χ0v) is 16.0. The van der Waals surface area contributed by atoms with Gasteiger partial charge in [-0.2, -0.15) is 0 Å². The third-order valence-corrected chi connectivity index (χ3v) is 5.89. The van der Waals surface area contributed by atoms with E-state index in [2.05, 4.69) is 40.4 Å². The molecule has 0 aliphatic heterocycles. The lowest BCUT2D eigenvalue weighted by atomic mass is 10.1. The predicted molar refractivity (Wildman–Crippen MR) is 93.6 cm³/mol. The molecule has 0 saturated carbocycles. The Labute approximate surface area is 127 Å². The highest BCUT2D eigenvalue weighted by molar-refractivity contribution is 8.00. The van der Waals surface area contributed by atoms with E-state index < -0.39 is 8.32 Å². The van der Waals surface area contributed by atoms with Gasteiger partial charge in [-0.15, -0.1) is 11.8 Å². The molecule has 0 saturated heterocycles. The lowest BCUT2D eigenvalue weighted by molar-refractivity contribution is 0.139. The van der Waals surface area contributed by atoms with Crippen LogP contribution in [0, 0.1) is 0 Å². The van der Waals surface area contributed by atoms with E-state index in [-0.39, 0.29) is 4.93 Å². The van der Waals surface area contributed by atoms with Crippen LogP contribution in [0.2, 0.25) is 19.6 Å². The Morgan fingerprint density at radius 1 is 0.895 bits per heavy atom. The fraction of sp³-hybridized carbons (Fsp3) is 1.00. The zero-order chi connectivity index (χ0) is 14.8. The van der Waals surface area contributed by atoms with Crippen molar-refractivity contribution in [3.05, 3.63) is 0 Å². The van der Waals surface area contributed by atoms with Crippen molar-refractivity contribution in [3.8, 4) is 0 Å². The molecule has 0 aromatic carbocycles. The van der Waals surface area contributed by atoms with Gasteiger partial charge >= 0.3 is 0 Å². The number of rotatable bonds is 12. The molecule has 0 aromatic heterocycles. The summed E-state index contributed by atoms with van der Waals surface area (Å²) in [7, 11) is -1.45. The average molecular weight is 305 g/mol. The van der Waals surface area contributed by atoms with Gasteiger partial charge < -0.3 is 4.43 Å². The van der Waals surface area contributed by atoms with Crippen molar-refractivity contribution in [2.45, 2.75) is 96.7 Å². The van der Waals surface area contributed by atoms with Gasteiger partial charge in [0.2, 0.25) is 0 Å². The fourth-order valence-electron chi connectivity index (χ4n) is 2.50. The van der Waals surface area contributed by atoms with Crippen LogP contribution in [0.3, 0.4) is 0 Å². The third-order valence-electron chi connectivity index (χ3n) is 3.35. The molecule has 116 valence electrons. The minimum absolute atomic E-state index is 0.101. The van der Waals surface area contributed by atoms with Crippen LogP contribution in [-0.2, 0) is 4.43 Å². The molecule has 0 heterocycles. The van der Waals surface area contributed by atoms with Crippen molar-refractivity contribution in [1.82, 2.24) is 0 Å². The average Bonchev–Trinajstić information content (AvgIpc) is 2.32. The maximum Gasteiger partial charge on any atom is 0.185 e. The van der Waals surface area contributed by atoms with Crippen LogP contribution >= 0.6 is 11.8 Å². The second kappa shape index (κ2) is 10.3. The Hall–Kier alpha value is 0.527. The Morgan fingerprint density at radius 3 is 1.95 bits per heavy atom. The summed E-state index contributed by atoms with van der Waals surface area (Å²) in [5.74, 6) is 1.16. The highest BCUT2D eigenvalue weighted by atomic mass is 32.2. The van der Waals surface area contributed by atoms with Gasteiger partial charge in [-0.1, -0.05) is 52.9 Å². The quantitative estimate of drug-likeness (QED) is 0.233. The Balaban J connectivity index is 4.19. The topological polar surface area (TPSA) is 9.23 Å². The summed E-state index contributed by atoms with van der Waals surface area (Å²) in [6.07, 6.45) is 10.6. The molecule has 0 aromatic rings. The van der Waals surface area contributed by atoms with Crippen LogP contribution < -0.4 is 0 Å². The standard InChI is InChI=1S/C16H36OSSi/c1-7-10-11-12-13-14-15-16(8-2,18-9-3)17-19(4,5)6/h7-15H2,1-6H3. The number of hydrogen-bond acceptors (Lipinski definition) is 2. The largest absolute Gasteiger partial charge is 0.403 e. The first-order valence-electron chi connectivity index (χ1n) is 8.23. The summed E-state index contributed by atoms with van der Waals surface area (Å²) < 4.78 is 6.54. The van der Waals surface area contributed by atoms with Crippen LogP contribution in [0.1, 0.15) is 72.1 Å². The SMILES string of the molecule is CCCCCCCCC(CC)(O[Si](C)(C)C)SCC. The van der Waals surface area contributed by atoms with E-state index >= 15 is 0 Å². The Morgan fingerprint density at radius 2 is 1.47 bits per heavy atom. The summed E-state index contributed by atoms with van der Waals surface area (Å²) in [6, 6.07) is 0. The first-order valence-corrected chi connectivity index (χ1v) is 12.6. The molecule has 0 fully saturated rings. The molecular weight excluding hydrogens is 268 g/mol. The normalized spacial score (nSPS) is 15.5. The molecule has 19 heavy (non-hydrogen) atoms. The highest BCUT2D eigenvalue weighted by Crippen LogP contribution is 2.38. The van der Waals surface area contributed by atoms with Crippen molar-refractivity contribution in [1.29, 1.82) is 0 Å². The summed E-state index contributed by atoms with van der Waals surface area (Å²) in [5.41, 5.74) is 0. The molecule has 1 atom stereocenters. The van der Waals surface area contributed by atoms with Gasteiger partial charge in [-0.3, -0.25) is 0 Å². The van der Waals surface area contributed by atoms with E-state index in [0.29, 0.717) is 0 Å². The van der Waals surface area contributed by atoms with Crippen LogP contribution in [0.5, 0.6) is 0 Å². The molecule has 0 aliphatic carbocycles. The lowest BCUT2D eigenvalue weighted by Crippen LogP contribution is -2.40. The van der Waals surface area contributed by atoms with E-state index in [1.165, 1.54) is 44.9 Å². The van der Waals surface area contributed by atoms with Gasteiger partial charge in [0.25, 0.3) is 0 Å². The summed E-state index contributed by atoms with van der Waals surface area (Å²) in [6.45, 7) is 13.8. The first kappa shape index (κ1) is 19.5. The van der Waals surface area contributed by atoms with Gasteiger partial charge in [0, 0.05) is 0 Å². The molecular formula is C16H36OSSi. The number of hydrogen-bond donors (Lipinski definition) is 0. The van der Waals surface area contributed by atoms with Crippen molar-refractivity contribution >= 4 is 20.1 Å². The molecule has 1 unspecified atom stereocenters. The summed E-state index contributed by atoms with van der Waals surface area (Å²) in [5, 5.41) is 0. The summed E-state index contributed by atoms with van der Waals surface area (Å²) >= 11 is 2.03. The van der Waals surface area contributed by atoms with Crippen molar-refractivity contribution in [2.75, 3.05) is 5.75 Å². The molecule has 0 aliphatic rings. The predicted octanol–water partition coefficient (Wildman–Crippen LogP) is 6.45. The molecule has 0 N–H and O–H groups in total. The van der Waals surface area contributed by atoms with Gasteiger partial charge in [-0.05, 0) is 44.7 Å². The second-order valence-electron chi connectivity index (χ2n) is 6.43. The van der Waals surface area contributed by atoms with E-state index in [1.807, 2.05) is 11.8 Å². The minimum Gasteiger partial charge on any atom is -0.403 e. The van der Waals surface area contributed by atoms with Crippen LogP contribution in [0.15, 0.2) is 0 Å². The smallest absolute Gasteiger partial charge is 0.185 e. The van der Waals surface area contributed by atoms with Crippen molar-refractivity contribution < 1.29 is 4.43 Å².